The Labute approximate surface area is 172 Å². The Morgan fingerprint density at radius 3 is 2.48 bits per heavy atom. The van der Waals surface area contributed by atoms with Crippen LogP contribution in [0.1, 0.15) is 18.9 Å². The second-order valence-corrected chi connectivity index (χ2v) is 7.36. The van der Waals surface area contributed by atoms with Crippen LogP contribution >= 0.6 is 11.6 Å². The molecule has 2 aromatic carbocycles. The van der Waals surface area contributed by atoms with Crippen molar-refractivity contribution in [2.45, 2.75) is 13.0 Å². The number of aromatic nitrogens is 2. The van der Waals surface area contributed by atoms with Crippen LogP contribution in [0.2, 0.25) is 5.02 Å². The van der Waals surface area contributed by atoms with E-state index in [4.69, 9.17) is 16.0 Å². The van der Waals surface area contributed by atoms with E-state index in [-0.39, 0.29) is 16.7 Å². The third-order valence-corrected chi connectivity index (χ3v) is 5.39. The third kappa shape index (κ3) is 4.23. The van der Waals surface area contributed by atoms with Gasteiger partial charge < -0.3 is 9.32 Å². The lowest BCUT2D eigenvalue weighted by molar-refractivity contribution is -0.384. The molecule has 0 unspecified atom stereocenters. The molecule has 4 rings (SSSR count). The van der Waals surface area contributed by atoms with E-state index >= 15 is 0 Å². The minimum atomic E-state index is -0.383. The lowest BCUT2D eigenvalue weighted by Crippen LogP contribution is -2.47. The second-order valence-electron chi connectivity index (χ2n) is 6.93. The highest BCUT2D eigenvalue weighted by Crippen LogP contribution is 2.27. The van der Waals surface area contributed by atoms with Gasteiger partial charge >= 0.3 is 0 Å². The molecule has 1 aromatic heterocycles. The van der Waals surface area contributed by atoms with Crippen LogP contribution in [0.15, 0.2) is 52.9 Å². The molecule has 1 aliphatic heterocycles. The number of benzene rings is 2. The summed E-state index contributed by atoms with van der Waals surface area (Å²) in [6, 6.07) is 14.0. The van der Waals surface area contributed by atoms with Crippen molar-refractivity contribution in [1.29, 1.82) is 0 Å². The van der Waals surface area contributed by atoms with Crippen molar-refractivity contribution in [3.63, 3.8) is 0 Å². The molecule has 150 valence electrons. The maximum absolute atomic E-state index is 10.8. The fraction of sp³-hybridized carbons (Fsp3) is 0.300. The first kappa shape index (κ1) is 19.4. The van der Waals surface area contributed by atoms with Crippen LogP contribution in [-0.2, 0) is 0 Å². The molecule has 9 heteroatoms. The predicted molar refractivity (Wildman–Crippen MR) is 110 cm³/mol. The number of hydrogen-bond acceptors (Lipinski definition) is 7. The van der Waals surface area contributed by atoms with E-state index in [0.29, 0.717) is 16.8 Å². The van der Waals surface area contributed by atoms with Crippen molar-refractivity contribution in [2.24, 2.45) is 0 Å². The molecule has 0 amide bonds. The number of rotatable bonds is 5. The van der Waals surface area contributed by atoms with E-state index in [0.717, 1.165) is 37.4 Å². The van der Waals surface area contributed by atoms with Crippen molar-refractivity contribution in [1.82, 2.24) is 15.1 Å². The molecule has 29 heavy (non-hydrogen) atoms. The monoisotopic (exact) mass is 413 g/mol. The van der Waals surface area contributed by atoms with E-state index < -0.39 is 0 Å². The average Bonchev–Trinajstić information content (AvgIpc) is 3.24. The van der Waals surface area contributed by atoms with E-state index in [1.54, 1.807) is 36.4 Å². The van der Waals surface area contributed by atoms with Gasteiger partial charge in [0.2, 0.25) is 11.8 Å². The van der Waals surface area contributed by atoms with Crippen LogP contribution in [0.4, 0.5) is 11.4 Å². The summed E-state index contributed by atoms with van der Waals surface area (Å²) in [5.41, 5.74) is 1.89. The molecule has 1 aliphatic rings. The zero-order valence-corrected chi connectivity index (χ0v) is 16.6. The molecule has 0 radical (unpaired) electrons. The van der Waals surface area contributed by atoms with Crippen molar-refractivity contribution in [3.8, 4) is 11.5 Å². The highest BCUT2D eigenvalue weighted by atomic mass is 35.5. The van der Waals surface area contributed by atoms with Crippen molar-refractivity contribution >= 4 is 23.0 Å². The van der Waals surface area contributed by atoms with Gasteiger partial charge in [-0.05, 0) is 37.3 Å². The molecule has 1 atom stereocenters. The summed E-state index contributed by atoms with van der Waals surface area (Å²) in [6.45, 7) is 5.34. The van der Waals surface area contributed by atoms with Crippen molar-refractivity contribution in [2.75, 3.05) is 31.1 Å². The fourth-order valence-electron chi connectivity index (χ4n) is 3.45. The summed E-state index contributed by atoms with van der Waals surface area (Å²) in [4.78, 5) is 14.9. The first-order valence-electron chi connectivity index (χ1n) is 9.34. The molecule has 8 nitrogen and oxygen atoms in total. The minimum Gasteiger partial charge on any atom is -0.419 e. The highest BCUT2D eigenvalue weighted by molar-refractivity contribution is 6.30. The van der Waals surface area contributed by atoms with E-state index in [1.807, 2.05) is 12.1 Å². The molecular formula is C20H20ClN5O3. The van der Waals surface area contributed by atoms with Crippen LogP contribution in [0.25, 0.3) is 11.5 Å². The topological polar surface area (TPSA) is 88.5 Å². The molecule has 2 heterocycles. The number of anilines is 1. The number of nitro groups is 1. The molecule has 0 saturated carbocycles. The van der Waals surface area contributed by atoms with Gasteiger partial charge in [-0.15, -0.1) is 10.2 Å². The van der Waals surface area contributed by atoms with E-state index in [9.17, 15) is 10.1 Å². The minimum absolute atomic E-state index is 0.00514. The summed E-state index contributed by atoms with van der Waals surface area (Å²) in [6.07, 6.45) is 0. The summed E-state index contributed by atoms with van der Waals surface area (Å²) in [7, 11) is 0. The Morgan fingerprint density at radius 2 is 1.83 bits per heavy atom. The molecule has 1 fully saturated rings. The average molecular weight is 414 g/mol. The number of nitrogens with zero attached hydrogens (tertiary/aromatic N) is 5. The number of nitro benzene ring substituents is 1. The fourth-order valence-corrected chi connectivity index (χ4v) is 3.64. The number of non-ortho nitro benzene ring substituents is 1. The first-order chi connectivity index (χ1) is 14.0. The van der Waals surface area contributed by atoms with E-state index in [1.165, 1.54) is 0 Å². The quantitative estimate of drug-likeness (QED) is 0.457. The molecule has 0 bridgehead atoms. The summed E-state index contributed by atoms with van der Waals surface area (Å²) < 4.78 is 5.89. The van der Waals surface area contributed by atoms with Gasteiger partial charge in [0.15, 0.2) is 0 Å². The number of halogens is 1. The first-order valence-corrected chi connectivity index (χ1v) is 9.72. The molecular weight excluding hydrogens is 394 g/mol. The molecule has 0 aliphatic carbocycles. The van der Waals surface area contributed by atoms with E-state index in [2.05, 4.69) is 26.9 Å². The number of piperazine rings is 1. The van der Waals surface area contributed by atoms with Gasteiger partial charge in [-0.25, -0.2) is 0 Å². The van der Waals surface area contributed by atoms with Crippen LogP contribution in [0.3, 0.4) is 0 Å². The summed E-state index contributed by atoms with van der Waals surface area (Å²) in [5, 5.41) is 19.8. The Balaban J connectivity index is 1.39. The molecule has 3 aromatic rings. The van der Waals surface area contributed by atoms with Crippen LogP contribution in [0, 0.1) is 10.1 Å². The Hall–Kier alpha value is -2.97. The van der Waals surface area contributed by atoms with Gasteiger partial charge in [0.1, 0.15) is 0 Å². The van der Waals surface area contributed by atoms with Gasteiger partial charge in [-0.3, -0.25) is 15.0 Å². The van der Waals surface area contributed by atoms with Crippen molar-refractivity contribution in [3.05, 3.63) is 69.6 Å². The van der Waals surface area contributed by atoms with Gasteiger partial charge in [0, 0.05) is 54.6 Å². The predicted octanol–water partition coefficient (Wildman–Crippen LogP) is 4.18. The summed E-state index contributed by atoms with van der Waals surface area (Å²) in [5.74, 6) is 1.03. The van der Waals surface area contributed by atoms with Crippen LogP contribution in [-0.4, -0.2) is 46.2 Å². The highest BCUT2D eigenvalue weighted by Gasteiger charge is 2.26. The largest absolute Gasteiger partial charge is 0.419 e. The SMILES string of the molecule is C[C@H](c1nnc(-c2cccc(Cl)c2)o1)N1CCN(c2ccc([N+](=O)[O-])cc2)CC1. The zero-order valence-electron chi connectivity index (χ0n) is 15.9. The normalized spacial score (nSPS) is 16.0. The van der Waals surface area contributed by atoms with Crippen LogP contribution in [0.5, 0.6) is 0 Å². The van der Waals surface area contributed by atoms with Crippen molar-refractivity contribution < 1.29 is 9.34 Å². The second kappa shape index (κ2) is 8.18. The molecule has 1 saturated heterocycles. The third-order valence-electron chi connectivity index (χ3n) is 5.16. The maximum atomic E-state index is 10.8. The summed E-state index contributed by atoms with van der Waals surface area (Å²) >= 11 is 6.04. The Bertz CT molecular complexity index is 999. The Morgan fingerprint density at radius 1 is 1.10 bits per heavy atom. The van der Waals surface area contributed by atoms with Gasteiger partial charge in [0.25, 0.3) is 5.69 Å². The standard InChI is InChI=1S/C20H20ClN5O3/c1-14(19-22-23-20(29-19)15-3-2-4-16(21)13-15)24-9-11-25(12-10-24)17-5-7-18(8-6-17)26(27)28/h2-8,13-14H,9-12H2,1H3/t14-/m1/s1. The number of hydrogen-bond donors (Lipinski definition) is 0. The lowest BCUT2D eigenvalue weighted by atomic mass is 10.2. The maximum Gasteiger partial charge on any atom is 0.269 e. The van der Waals surface area contributed by atoms with Gasteiger partial charge in [-0.2, -0.15) is 0 Å². The Kier molecular flexibility index (Phi) is 5.46. The van der Waals surface area contributed by atoms with Crippen LogP contribution < -0.4 is 4.90 Å². The van der Waals surface area contributed by atoms with Gasteiger partial charge in [0.05, 0.1) is 11.0 Å². The molecule has 0 spiro atoms. The smallest absolute Gasteiger partial charge is 0.269 e. The zero-order chi connectivity index (χ0) is 20.4. The molecule has 0 N–H and O–H groups in total. The lowest BCUT2D eigenvalue weighted by Gasteiger charge is -2.38. The van der Waals surface area contributed by atoms with Gasteiger partial charge in [-0.1, -0.05) is 17.7 Å².